The minimum atomic E-state index is -0.609. The van der Waals surface area contributed by atoms with Crippen LogP contribution in [-0.2, 0) is 19.1 Å². The number of hydrogen-bond acceptors (Lipinski definition) is 4. The van der Waals surface area contributed by atoms with Gasteiger partial charge >= 0.3 is 11.9 Å². The average Bonchev–Trinajstić information content (AvgIpc) is 2.98. The first-order valence-electron chi connectivity index (χ1n) is 8.11. The zero-order chi connectivity index (χ0) is 15.6. The lowest BCUT2D eigenvalue weighted by Gasteiger charge is -2.40. The highest BCUT2D eigenvalue weighted by molar-refractivity contribution is 5.78. The number of fused-ring (bicyclic) bond motifs is 1. The molecule has 5 unspecified atom stereocenters. The quantitative estimate of drug-likeness (QED) is 0.748. The van der Waals surface area contributed by atoms with Crippen LogP contribution < -0.4 is 0 Å². The van der Waals surface area contributed by atoms with Crippen LogP contribution in [0.15, 0.2) is 0 Å². The van der Waals surface area contributed by atoms with Crippen molar-refractivity contribution in [1.29, 1.82) is 0 Å². The third kappa shape index (κ3) is 2.09. The van der Waals surface area contributed by atoms with Gasteiger partial charge in [0.1, 0.15) is 11.7 Å². The summed E-state index contributed by atoms with van der Waals surface area (Å²) < 4.78 is 11.4. The number of carbonyl (C=O) groups is 2. The largest absolute Gasteiger partial charge is 0.462 e. The van der Waals surface area contributed by atoms with E-state index >= 15 is 0 Å². The molecule has 2 bridgehead atoms. The number of rotatable bonds is 4. The van der Waals surface area contributed by atoms with Crippen LogP contribution in [-0.4, -0.2) is 23.6 Å². The second-order valence-electron chi connectivity index (χ2n) is 8.15. The molecule has 4 heteroatoms. The third-order valence-electron chi connectivity index (χ3n) is 6.08. The first-order chi connectivity index (χ1) is 9.67. The van der Waals surface area contributed by atoms with Crippen LogP contribution in [0, 0.1) is 29.1 Å². The molecule has 5 atom stereocenters. The number of ether oxygens (including phenoxy) is 2. The van der Waals surface area contributed by atoms with E-state index in [0.717, 1.165) is 19.3 Å². The van der Waals surface area contributed by atoms with Gasteiger partial charge in [0.2, 0.25) is 0 Å². The summed E-state index contributed by atoms with van der Waals surface area (Å²) in [4.78, 5) is 24.5. The lowest BCUT2D eigenvalue weighted by molar-refractivity contribution is -0.177. The van der Waals surface area contributed by atoms with Crippen molar-refractivity contribution in [1.82, 2.24) is 0 Å². The number of carbonyl (C=O) groups excluding carboxylic acids is 2. The van der Waals surface area contributed by atoms with E-state index in [9.17, 15) is 9.59 Å². The van der Waals surface area contributed by atoms with Gasteiger partial charge in [-0.1, -0.05) is 6.92 Å². The molecule has 118 valence electrons. The van der Waals surface area contributed by atoms with Gasteiger partial charge in [-0.25, -0.2) is 0 Å². The van der Waals surface area contributed by atoms with Gasteiger partial charge in [-0.3, -0.25) is 9.59 Å². The molecule has 4 nitrogen and oxygen atoms in total. The van der Waals surface area contributed by atoms with Crippen molar-refractivity contribution in [2.24, 2.45) is 29.1 Å². The van der Waals surface area contributed by atoms with Crippen LogP contribution in [0.25, 0.3) is 0 Å². The van der Waals surface area contributed by atoms with E-state index in [4.69, 9.17) is 9.47 Å². The molecule has 0 aromatic carbocycles. The first kappa shape index (κ1) is 14.9. The number of esters is 2. The van der Waals surface area contributed by atoms with Gasteiger partial charge < -0.3 is 9.47 Å². The van der Waals surface area contributed by atoms with Gasteiger partial charge in [0.05, 0.1) is 11.3 Å². The predicted molar refractivity (Wildman–Crippen MR) is 77.3 cm³/mol. The van der Waals surface area contributed by atoms with Crippen molar-refractivity contribution in [2.75, 3.05) is 0 Å². The fourth-order valence-electron chi connectivity index (χ4n) is 4.58. The van der Waals surface area contributed by atoms with Crippen molar-refractivity contribution in [3.63, 3.8) is 0 Å². The van der Waals surface area contributed by atoms with E-state index in [0.29, 0.717) is 11.8 Å². The standard InChI is InChI=1S/C17H26O4/c1-6-16(2,3)15(19)21-17(4,5)13-9-7-10-11(8-9)20-14(18)12(10)13/h9-13H,6-8H2,1-5H3. The van der Waals surface area contributed by atoms with E-state index in [1.165, 1.54) is 0 Å². The lowest BCUT2D eigenvalue weighted by atomic mass is 9.71. The summed E-state index contributed by atoms with van der Waals surface area (Å²) in [6.45, 7) is 9.73. The Kier molecular flexibility index (Phi) is 3.16. The normalized spacial score (nSPS) is 37.8. The molecule has 0 spiro atoms. The minimum absolute atomic E-state index is 0.0683. The maximum Gasteiger partial charge on any atom is 0.312 e. The van der Waals surface area contributed by atoms with Gasteiger partial charge in [-0.2, -0.15) is 0 Å². The van der Waals surface area contributed by atoms with E-state index < -0.39 is 11.0 Å². The molecule has 3 rings (SSSR count). The Labute approximate surface area is 126 Å². The summed E-state index contributed by atoms with van der Waals surface area (Å²) in [5, 5.41) is 0. The first-order valence-corrected chi connectivity index (χ1v) is 8.11. The monoisotopic (exact) mass is 294 g/mol. The van der Waals surface area contributed by atoms with Crippen LogP contribution in [0.3, 0.4) is 0 Å². The SMILES string of the molecule is CCC(C)(C)C(=O)OC(C)(C)C1C2CC3OC(=O)C1C3C2. The van der Waals surface area contributed by atoms with E-state index in [2.05, 4.69) is 0 Å². The van der Waals surface area contributed by atoms with Gasteiger partial charge in [0.25, 0.3) is 0 Å². The summed E-state index contributed by atoms with van der Waals surface area (Å²) in [5.41, 5.74) is -1.09. The van der Waals surface area contributed by atoms with E-state index in [-0.39, 0.29) is 29.9 Å². The predicted octanol–water partition coefficient (Wildman–Crippen LogP) is 2.94. The van der Waals surface area contributed by atoms with Gasteiger partial charge in [0.15, 0.2) is 0 Å². The third-order valence-corrected chi connectivity index (χ3v) is 6.08. The fraction of sp³-hybridized carbons (Fsp3) is 0.882. The molecular formula is C17H26O4. The van der Waals surface area contributed by atoms with Crippen molar-refractivity contribution >= 4 is 11.9 Å². The molecule has 1 heterocycles. The Morgan fingerprint density at radius 1 is 1.29 bits per heavy atom. The molecule has 0 N–H and O–H groups in total. The second kappa shape index (κ2) is 4.47. The molecule has 3 aliphatic rings. The maximum atomic E-state index is 12.4. The van der Waals surface area contributed by atoms with Gasteiger partial charge in [0, 0.05) is 11.8 Å². The van der Waals surface area contributed by atoms with Gasteiger partial charge in [-0.05, 0) is 52.9 Å². The van der Waals surface area contributed by atoms with E-state index in [1.54, 1.807) is 0 Å². The smallest absolute Gasteiger partial charge is 0.312 e. The zero-order valence-electron chi connectivity index (χ0n) is 13.6. The van der Waals surface area contributed by atoms with Crippen molar-refractivity contribution < 1.29 is 19.1 Å². The van der Waals surface area contributed by atoms with E-state index in [1.807, 2.05) is 34.6 Å². The molecule has 0 radical (unpaired) electrons. The Balaban J connectivity index is 1.80. The molecule has 21 heavy (non-hydrogen) atoms. The van der Waals surface area contributed by atoms with Crippen LogP contribution in [0.1, 0.15) is 53.9 Å². The molecule has 1 saturated heterocycles. The molecule has 3 fully saturated rings. The van der Waals surface area contributed by atoms with Crippen molar-refractivity contribution in [3.8, 4) is 0 Å². The summed E-state index contributed by atoms with van der Waals surface area (Å²) in [7, 11) is 0. The highest BCUT2D eigenvalue weighted by atomic mass is 16.6. The molecule has 0 aromatic rings. The molecule has 0 aromatic heterocycles. The summed E-state index contributed by atoms with van der Waals surface area (Å²) >= 11 is 0. The van der Waals surface area contributed by atoms with Crippen LogP contribution in [0.4, 0.5) is 0 Å². The Hall–Kier alpha value is -1.06. The average molecular weight is 294 g/mol. The number of hydrogen-bond donors (Lipinski definition) is 0. The van der Waals surface area contributed by atoms with Gasteiger partial charge in [-0.15, -0.1) is 0 Å². The van der Waals surface area contributed by atoms with Crippen LogP contribution in [0.2, 0.25) is 0 Å². The minimum Gasteiger partial charge on any atom is -0.462 e. The maximum absolute atomic E-state index is 12.4. The molecule has 2 aliphatic carbocycles. The highest BCUT2D eigenvalue weighted by Crippen LogP contribution is 2.61. The topological polar surface area (TPSA) is 52.6 Å². The Bertz CT molecular complexity index is 477. The Morgan fingerprint density at radius 3 is 2.57 bits per heavy atom. The molecular weight excluding hydrogens is 268 g/mol. The fourth-order valence-corrected chi connectivity index (χ4v) is 4.58. The van der Waals surface area contributed by atoms with Crippen LogP contribution >= 0.6 is 0 Å². The zero-order valence-corrected chi connectivity index (χ0v) is 13.6. The molecule has 1 aliphatic heterocycles. The highest BCUT2D eigenvalue weighted by Gasteiger charge is 2.66. The summed E-state index contributed by atoms with van der Waals surface area (Å²) in [6, 6.07) is 0. The van der Waals surface area contributed by atoms with Crippen molar-refractivity contribution in [2.45, 2.75) is 65.6 Å². The lowest BCUT2D eigenvalue weighted by Crippen LogP contribution is -2.46. The molecule has 0 amide bonds. The van der Waals surface area contributed by atoms with Crippen LogP contribution in [0.5, 0.6) is 0 Å². The van der Waals surface area contributed by atoms with Crippen molar-refractivity contribution in [3.05, 3.63) is 0 Å². The Morgan fingerprint density at radius 2 is 1.95 bits per heavy atom. The molecule has 2 saturated carbocycles. The second-order valence-corrected chi connectivity index (χ2v) is 8.15. The summed E-state index contributed by atoms with van der Waals surface area (Å²) in [6.07, 6.45) is 2.86. The summed E-state index contributed by atoms with van der Waals surface area (Å²) in [5.74, 6) is 0.592.